The number of aromatic nitrogens is 1. The van der Waals surface area contributed by atoms with Gasteiger partial charge in [0.05, 0.1) is 5.69 Å². The molecule has 0 bridgehead atoms. The molecule has 1 aliphatic heterocycles. The number of hydrogen-bond acceptors (Lipinski definition) is 4. The number of carbonyl (C=O) groups excluding carboxylic acids is 1. The maximum atomic E-state index is 13.0. The summed E-state index contributed by atoms with van der Waals surface area (Å²) in [5, 5.41) is 20.9. The van der Waals surface area contributed by atoms with Crippen molar-refractivity contribution >= 4 is 22.8 Å². The summed E-state index contributed by atoms with van der Waals surface area (Å²) in [4.78, 5) is 13.0. The van der Waals surface area contributed by atoms with Crippen LogP contribution in [-0.2, 0) is 6.54 Å². The average molecular weight is 397 g/mol. The number of hydrogen-bond donors (Lipinski definition) is 2. The number of rotatable bonds is 3. The van der Waals surface area contributed by atoms with E-state index in [0.29, 0.717) is 0 Å². The van der Waals surface area contributed by atoms with E-state index in [1.165, 1.54) is 6.07 Å². The highest BCUT2D eigenvalue weighted by Crippen LogP contribution is 2.42. The highest BCUT2D eigenvalue weighted by molar-refractivity contribution is 6.17. The zero-order chi connectivity index (χ0) is 20.8. The van der Waals surface area contributed by atoms with Crippen molar-refractivity contribution in [1.82, 2.24) is 4.57 Å². The molecular formula is C25H19NO4. The van der Waals surface area contributed by atoms with Gasteiger partial charge in [-0.25, -0.2) is 0 Å². The highest BCUT2D eigenvalue weighted by atomic mass is 16.5. The summed E-state index contributed by atoms with van der Waals surface area (Å²) in [7, 11) is 0. The first kappa shape index (κ1) is 18.1. The quantitative estimate of drug-likeness (QED) is 0.457. The molecule has 5 rings (SSSR count). The predicted octanol–water partition coefficient (Wildman–Crippen LogP) is 5.36. The molecule has 0 radical (unpaired) electrons. The summed E-state index contributed by atoms with van der Waals surface area (Å²) in [6.45, 7) is 2.85. The van der Waals surface area contributed by atoms with Gasteiger partial charge in [-0.3, -0.25) is 4.79 Å². The fourth-order valence-corrected chi connectivity index (χ4v) is 4.12. The van der Waals surface area contributed by atoms with E-state index in [-0.39, 0.29) is 28.6 Å². The highest BCUT2D eigenvalue weighted by Gasteiger charge is 2.32. The van der Waals surface area contributed by atoms with Crippen molar-refractivity contribution < 1.29 is 19.7 Å². The third-order valence-electron chi connectivity index (χ3n) is 5.39. The van der Waals surface area contributed by atoms with Crippen molar-refractivity contribution in [2.24, 2.45) is 0 Å². The second-order valence-electron chi connectivity index (χ2n) is 7.17. The molecule has 0 fully saturated rings. The lowest BCUT2D eigenvalue weighted by molar-refractivity contribution is 0.101. The monoisotopic (exact) mass is 397 g/mol. The molecule has 0 saturated carbocycles. The van der Waals surface area contributed by atoms with Crippen LogP contribution in [0.4, 0.5) is 0 Å². The zero-order valence-corrected chi connectivity index (χ0v) is 16.3. The Kier molecular flexibility index (Phi) is 4.10. The average Bonchev–Trinajstić information content (AvgIpc) is 3.23. The summed E-state index contributed by atoms with van der Waals surface area (Å²) >= 11 is 0. The summed E-state index contributed by atoms with van der Waals surface area (Å²) < 4.78 is 7.97. The molecule has 30 heavy (non-hydrogen) atoms. The first-order chi connectivity index (χ1) is 14.6. The summed E-state index contributed by atoms with van der Waals surface area (Å²) in [5.41, 5.74) is 4.03. The Morgan fingerprint density at radius 3 is 2.50 bits per heavy atom. The van der Waals surface area contributed by atoms with Gasteiger partial charge in [0.2, 0.25) is 5.78 Å². The van der Waals surface area contributed by atoms with E-state index in [0.717, 1.165) is 40.3 Å². The van der Waals surface area contributed by atoms with Gasteiger partial charge in [0.1, 0.15) is 22.8 Å². The number of phenolic OH excluding ortho intramolecular Hbond substituents is 2. The lowest BCUT2D eigenvalue weighted by Gasteiger charge is -2.09. The molecule has 2 heterocycles. The topological polar surface area (TPSA) is 71.7 Å². The van der Waals surface area contributed by atoms with E-state index in [9.17, 15) is 15.0 Å². The number of para-hydroxylation sites is 1. The molecule has 5 nitrogen and oxygen atoms in total. The molecule has 148 valence electrons. The number of aryl methyl sites for hydroxylation is 1. The number of fused-ring (bicyclic) bond motifs is 2. The van der Waals surface area contributed by atoms with Gasteiger partial charge >= 0.3 is 0 Å². The Morgan fingerprint density at radius 2 is 1.73 bits per heavy atom. The molecule has 0 spiro atoms. The number of ether oxygens (including phenoxy) is 1. The van der Waals surface area contributed by atoms with E-state index < -0.39 is 5.78 Å². The van der Waals surface area contributed by atoms with E-state index in [2.05, 4.69) is 17.6 Å². The number of aromatic hydroxyl groups is 2. The SMILES string of the molecule is CCn1c(-c2ccccc2)c(/C=C2\Oc3cc(O)cc(O)c3C2=O)c2ccccc21. The van der Waals surface area contributed by atoms with Gasteiger partial charge in [-0.1, -0.05) is 48.5 Å². The molecule has 1 aromatic heterocycles. The number of nitrogens with zero attached hydrogens (tertiary/aromatic N) is 1. The molecule has 0 atom stereocenters. The van der Waals surface area contributed by atoms with E-state index >= 15 is 0 Å². The first-order valence-electron chi connectivity index (χ1n) is 9.75. The van der Waals surface area contributed by atoms with Crippen LogP contribution in [0.25, 0.3) is 28.2 Å². The summed E-state index contributed by atoms with van der Waals surface area (Å²) in [5.74, 6) is -0.591. The number of phenols is 2. The molecule has 0 amide bonds. The molecule has 0 aliphatic carbocycles. The van der Waals surface area contributed by atoms with Crippen LogP contribution in [0.1, 0.15) is 22.8 Å². The normalized spacial score (nSPS) is 14.3. The molecule has 3 aromatic carbocycles. The van der Waals surface area contributed by atoms with Crippen molar-refractivity contribution in [2.75, 3.05) is 0 Å². The molecule has 0 saturated heterocycles. The summed E-state index contributed by atoms with van der Waals surface area (Å²) in [6.07, 6.45) is 1.73. The fourth-order valence-electron chi connectivity index (χ4n) is 4.12. The lowest BCUT2D eigenvalue weighted by Crippen LogP contribution is -2.00. The number of ketones is 1. The predicted molar refractivity (Wildman–Crippen MR) is 116 cm³/mol. The Labute approximate surface area is 173 Å². The van der Waals surface area contributed by atoms with Crippen LogP contribution in [-0.4, -0.2) is 20.6 Å². The van der Waals surface area contributed by atoms with Crippen LogP contribution < -0.4 is 4.74 Å². The molecular weight excluding hydrogens is 378 g/mol. The van der Waals surface area contributed by atoms with Gasteiger partial charge in [0.15, 0.2) is 5.76 Å². The van der Waals surface area contributed by atoms with Gasteiger partial charge in [-0.15, -0.1) is 0 Å². The smallest absolute Gasteiger partial charge is 0.235 e. The first-order valence-corrected chi connectivity index (χ1v) is 9.75. The molecule has 4 aromatic rings. The maximum absolute atomic E-state index is 13.0. The van der Waals surface area contributed by atoms with Crippen LogP contribution in [0.2, 0.25) is 0 Å². The Morgan fingerprint density at radius 1 is 1.00 bits per heavy atom. The number of carbonyl (C=O) groups is 1. The van der Waals surface area contributed by atoms with Gasteiger partial charge in [0, 0.05) is 35.1 Å². The second kappa shape index (κ2) is 6.81. The van der Waals surface area contributed by atoms with Crippen LogP contribution >= 0.6 is 0 Å². The molecule has 5 heteroatoms. The fraction of sp³-hybridized carbons (Fsp3) is 0.0800. The van der Waals surface area contributed by atoms with E-state index in [1.54, 1.807) is 6.08 Å². The Hall–Kier alpha value is -3.99. The number of benzene rings is 3. The van der Waals surface area contributed by atoms with Crippen LogP contribution in [0, 0.1) is 0 Å². The minimum absolute atomic E-state index is 0.0690. The van der Waals surface area contributed by atoms with Crippen molar-refractivity contribution in [3.8, 4) is 28.5 Å². The van der Waals surface area contributed by atoms with Gasteiger partial charge in [-0.2, -0.15) is 0 Å². The summed E-state index contributed by atoms with van der Waals surface area (Å²) in [6, 6.07) is 20.5. The van der Waals surface area contributed by atoms with Gasteiger partial charge in [-0.05, 0) is 24.6 Å². The van der Waals surface area contributed by atoms with Crippen molar-refractivity contribution in [2.45, 2.75) is 13.5 Å². The third-order valence-corrected chi connectivity index (χ3v) is 5.39. The standard InChI is InChI=1S/C25H19NO4/c1-2-26-19-11-7-6-10-17(19)18(24(26)15-8-4-3-5-9-15)14-22-25(29)23-20(28)12-16(27)13-21(23)30-22/h3-14,27-28H,2H2,1H3/b22-14-. The lowest BCUT2D eigenvalue weighted by atomic mass is 10.0. The third kappa shape index (κ3) is 2.67. The van der Waals surface area contributed by atoms with Crippen molar-refractivity contribution in [1.29, 1.82) is 0 Å². The second-order valence-corrected chi connectivity index (χ2v) is 7.17. The van der Waals surface area contributed by atoms with Crippen LogP contribution in [0.15, 0.2) is 72.5 Å². The van der Waals surface area contributed by atoms with Crippen LogP contribution in [0.5, 0.6) is 17.2 Å². The number of allylic oxidation sites excluding steroid dienone is 1. The van der Waals surface area contributed by atoms with Crippen molar-refractivity contribution in [3.63, 3.8) is 0 Å². The van der Waals surface area contributed by atoms with Gasteiger partial charge in [0.25, 0.3) is 0 Å². The maximum Gasteiger partial charge on any atom is 0.235 e. The van der Waals surface area contributed by atoms with Crippen molar-refractivity contribution in [3.05, 3.63) is 83.6 Å². The Balaban J connectivity index is 1.76. The molecule has 0 unspecified atom stereocenters. The van der Waals surface area contributed by atoms with Gasteiger partial charge < -0.3 is 19.5 Å². The van der Waals surface area contributed by atoms with E-state index in [1.807, 2.05) is 48.5 Å². The number of Topliss-reactive ketones (excluding diaryl/α,β-unsaturated/α-hetero) is 1. The van der Waals surface area contributed by atoms with E-state index in [4.69, 9.17) is 4.74 Å². The Bertz CT molecular complexity index is 1330. The molecule has 1 aliphatic rings. The minimum atomic E-state index is -0.408. The molecule has 2 N–H and O–H groups in total. The van der Waals surface area contributed by atoms with Crippen LogP contribution in [0.3, 0.4) is 0 Å². The zero-order valence-electron chi connectivity index (χ0n) is 16.3. The largest absolute Gasteiger partial charge is 0.508 e. The minimum Gasteiger partial charge on any atom is -0.508 e.